The summed E-state index contributed by atoms with van der Waals surface area (Å²) < 4.78 is 108. The predicted molar refractivity (Wildman–Crippen MR) is 104 cm³/mol. The molecule has 0 spiro atoms. The number of thiophene rings is 1. The SMILES string of the molecule is Cc1sc(-c2cnn(-c3c(C(F)(F)F)c(C(F)(F)C(F)(F)F)nn3C)c2)cc1C(=O)NC1CC1. The molecule has 34 heavy (non-hydrogen) atoms. The highest BCUT2D eigenvalue weighted by Crippen LogP contribution is 2.49. The Kier molecular flexibility index (Phi) is 5.53. The summed E-state index contributed by atoms with van der Waals surface area (Å²) in [5.41, 5.74) is -4.12. The van der Waals surface area contributed by atoms with Crippen LogP contribution in [0.15, 0.2) is 18.5 Å². The average molecular weight is 513 g/mol. The maximum absolute atomic E-state index is 13.9. The Morgan fingerprint density at radius 1 is 1.15 bits per heavy atom. The number of nitrogens with zero attached hydrogens (tertiary/aromatic N) is 4. The highest BCUT2D eigenvalue weighted by molar-refractivity contribution is 7.15. The molecule has 1 fully saturated rings. The summed E-state index contributed by atoms with van der Waals surface area (Å²) in [4.78, 5) is 13.4. The molecule has 15 heteroatoms. The maximum Gasteiger partial charge on any atom is 0.459 e. The van der Waals surface area contributed by atoms with Crippen LogP contribution in [0.5, 0.6) is 0 Å². The molecule has 1 saturated carbocycles. The fourth-order valence-corrected chi connectivity index (χ4v) is 4.29. The van der Waals surface area contributed by atoms with Crippen molar-refractivity contribution in [2.24, 2.45) is 7.05 Å². The predicted octanol–water partition coefficient (Wildman–Crippen LogP) is 5.21. The minimum absolute atomic E-state index is 0.104. The lowest BCUT2D eigenvalue weighted by atomic mass is 10.1. The number of aryl methyl sites for hydroxylation is 2. The van der Waals surface area contributed by atoms with Crippen molar-refractivity contribution < 1.29 is 39.9 Å². The largest absolute Gasteiger partial charge is 0.459 e. The van der Waals surface area contributed by atoms with Crippen LogP contribution in [0.4, 0.5) is 35.1 Å². The Hall–Kier alpha value is -2.97. The van der Waals surface area contributed by atoms with Crippen molar-refractivity contribution in [2.45, 2.75) is 44.1 Å². The number of aromatic nitrogens is 4. The van der Waals surface area contributed by atoms with E-state index in [9.17, 15) is 39.9 Å². The second-order valence-corrected chi connectivity index (χ2v) is 9.00. The second kappa shape index (κ2) is 7.78. The van der Waals surface area contributed by atoms with Crippen LogP contribution in [0.1, 0.15) is 39.3 Å². The van der Waals surface area contributed by atoms with Crippen LogP contribution in [0.3, 0.4) is 0 Å². The Morgan fingerprint density at radius 2 is 1.79 bits per heavy atom. The normalized spacial score (nSPS) is 15.1. The molecule has 0 bridgehead atoms. The van der Waals surface area contributed by atoms with Gasteiger partial charge in [0.25, 0.3) is 5.91 Å². The third-order valence-corrected chi connectivity index (χ3v) is 6.21. The molecule has 4 rings (SSSR count). The van der Waals surface area contributed by atoms with Gasteiger partial charge in [-0.15, -0.1) is 11.3 Å². The first-order valence-electron chi connectivity index (χ1n) is 9.67. The van der Waals surface area contributed by atoms with Crippen molar-refractivity contribution >= 4 is 17.2 Å². The maximum atomic E-state index is 13.9. The van der Waals surface area contributed by atoms with E-state index in [-0.39, 0.29) is 22.2 Å². The van der Waals surface area contributed by atoms with Crippen LogP contribution in [-0.2, 0) is 19.1 Å². The number of amides is 1. The van der Waals surface area contributed by atoms with Crippen molar-refractivity contribution in [2.75, 3.05) is 0 Å². The number of alkyl halides is 8. The molecule has 3 aromatic rings. The van der Waals surface area contributed by atoms with E-state index in [4.69, 9.17) is 0 Å². The minimum Gasteiger partial charge on any atom is -0.349 e. The third kappa shape index (κ3) is 4.16. The lowest BCUT2D eigenvalue weighted by Gasteiger charge is -2.19. The number of rotatable bonds is 5. The van der Waals surface area contributed by atoms with Crippen molar-refractivity contribution in [1.82, 2.24) is 24.9 Å². The number of hydrogen-bond donors (Lipinski definition) is 1. The van der Waals surface area contributed by atoms with E-state index in [1.54, 1.807) is 6.92 Å². The summed E-state index contributed by atoms with van der Waals surface area (Å²) in [6, 6.07) is 1.61. The zero-order valence-corrected chi connectivity index (χ0v) is 18.2. The van der Waals surface area contributed by atoms with E-state index in [1.807, 2.05) is 0 Å². The quantitative estimate of drug-likeness (QED) is 0.477. The summed E-state index contributed by atoms with van der Waals surface area (Å²) in [5, 5.41) is 9.41. The monoisotopic (exact) mass is 513 g/mol. The molecule has 6 nitrogen and oxygen atoms in total. The Balaban J connectivity index is 1.77. The van der Waals surface area contributed by atoms with Gasteiger partial charge in [0.1, 0.15) is 5.56 Å². The lowest BCUT2D eigenvalue weighted by Crippen LogP contribution is -2.36. The van der Waals surface area contributed by atoms with Gasteiger partial charge in [-0.05, 0) is 25.8 Å². The number of carbonyl (C=O) groups is 1. The van der Waals surface area contributed by atoms with Crippen LogP contribution >= 0.6 is 11.3 Å². The minimum atomic E-state index is -6.29. The highest BCUT2D eigenvalue weighted by Gasteiger charge is 2.64. The van der Waals surface area contributed by atoms with E-state index >= 15 is 0 Å². The number of nitrogens with one attached hydrogen (secondary N) is 1. The summed E-state index contributed by atoms with van der Waals surface area (Å²) >= 11 is 1.15. The molecule has 3 heterocycles. The molecule has 0 saturated heterocycles. The summed E-state index contributed by atoms with van der Waals surface area (Å²) in [7, 11) is 0.803. The molecule has 0 aromatic carbocycles. The smallest absolute Gasteiger partial charge is 0.349 e. The molecule has 0 unspecified atom stereocenters. The molecular formula is C19H15F8N5OS. The van der Waals surface area contributed by atoms with Gasteiger partial charge in [-0.2, -0.15) is 45.3 Å². The standard InChI is InChI=1S/C19H15F8N5OS/c1-8-11(15(33)29-10-3-4-10)5-12(34-8)9-6-28-32(7-9)16-13(18(22,23)24)14(30-31(16)2)17(20,21)19(25,26)27/h5-7,10H,3-4H2,1-2H3,(H,29,33). The molecule has 0 atom stereocenters. The third-order valence-electron chi connectivity index (χ3n) is 5.11. The zero-order valence-electron chi connectivity index (χ0n) is 17.4. The van der Waals surface area contributed by atoms with Gasteiger partial charge >= 0.3 is 18.3 Å². The fraction of sp³-hybridized carbons (Fsp3) is 0.421. The topological polar surface area (TPSA) is 64.7 Å². The van der Waals surface area contributed by atoms with Crippen LogP contribution in [0.2, 0.25) is 0 Å². The Labute approximate surface area is 190 Å². The number of carbonyl (C=O) groups excluding carboxylic acids is 1. The van der Waals surface area contributed by atoms with Gasteiger partial charge in [0, 0.05) is 34.6 Å². The summed E-state index contributed by atoms with van der Waals surface area (Å²) in [5.74, 6) is -7.27. The molecule has 1 amide bonds. The number of hydrogen-bond acceptors (Lipinski definition) is 4. The fourth-order valence-electron chi connectivity index (χ4n) is 3.30. The molecule has 1 aliphatic carbocycles. The zero-order chi connectivity index (χ0) is 25.2. The van der Waals surface area contributed by atoms with Gasteiger partial charge in [0.05, 0.1) is 11.8 Å². The van der Waals surface area contributed by atoms with E-state index in [2.05, 4.69) is 15.5 Å². The highest BCUT2D eigenvalue weighted by atomic mass is 32.1. The van der Waals surface area contributed by atoms with Crippen LogP contribution in [-0.4, -0.2) is 37.7 Å². The van der Waals surface area contributed by atoms with E-state index in [0.717, 1.165) is 43.6 Å². The van der Waals surface area contributed by atoms with E-state index in [1.165, 1.54) is 6.07 Å². The van der Waals surface area contributed by atoms with Gasteiger partial charge in [-0.3, -0.25) is 4.79 Å². The Bertz CT molecular complexity index is 1250. The van der Waals surface area contributed by atoms with Crippen LogP contribution < -0.4 is 5.32 Å². The molecular weight excluding hydrogens is 498 g/mol. The van der Waals surface area contributed by atoms with Gasteiger partial charge in [0.15, 0.2) is 11.5 Å². The molecule has 1 aliphatic rings. The molecule has 0 aliphatic heterocycles. The average Bonchev–Trinajstić information content (AvgIpc) is 3.10. The summed E-state index contributed by atoms with van der Waals surface area (Å²) in [6.07, 6.45) is -7.99. The van der Waals surface area contributed by atoms with Crippen molar-refractivity contribution in [3.05, 3.63) is 40.2 Å². The molecule has 1 N–H and O–H groups in total. The molecule has 0 radical (unpaired) electrons. The van der Waals surface area contributed by atoms with Crippen molar-refractivity contribution in [3.8, 4) is 16.3 Å². The van der Waals surface area contributed by atoms with Gasteiger partial charge in [0.2, 0.25) is 0 Å². The first-order valence-corrected chi connectivity index (χ1v) is 10.5. The van der Waals surface area contributed by atoms with Gasteiger partial charge in [-0.25, -0.2) is 9.36 Å². The van der Waals surface area contributed by atoms with Gasteiger partial charge < -0.3 is 5.32 Å². The molecule has 3 aromatic heterocycles. The molecule has 184 valence electrons. The van der Waals surface area contributed by atoms with Crippen molar-refractivity contribution in [3.63, 3.8) is 0 Å². The Morgan fingerprint density at radius 3 is 2.35 bits per heavy atom. The van der Waals surface area contributed by atoms with Crippen LogP contribution in [0.25, 0.3) is 16.3 Å². The van der Waals surface area contributed by atoms with Gasteiger partial charge in [-0.1, -0.05) is 0 Å². The van der Waals surface area contributed by atoms with Crippen LogP contribution in [0, 0.1) is 6.92 Å². The van der Waals surface area contributed by atoms with E-state index < -0.39 is 35.4 Å². The first kappa shape index (κ1) is 24.2. The number of halogens is 8. The lowest BCUT2D eigenvalue weighted by molar-refractivity contribution is -0.292. The second-order valence-electron chi connectivity index (χ2n) is 7.74. The summed E-state index contributed by atoms with van der Waals surface area (Å²) in [6.45, 7) is 1.68. The van der Waals surface area contributed by atoms with E-state index in [0.29, 0.717) is 20.0 Å². The first-order chi connectivity index (χ1) is 15.6. The van der Waals surface area contributed by atoms with Crippen molar-refractivity contribution in [1.29, 1.82) is 0 Å².